The zero-order chi connectivity index (χ0) is 11.1. The van der Waals surface area contributed by atoms with E-state index >= 15 is 0 Å². The largest absolute Gasteiger partial charge is 0.389 e. The van der Waals surface area contributed by atoms with Gasteiger partial charge in [0.15, 0.2) is 0 Å². The molecule has 1 saturated carbocycles. The number of hydrogen-bond acceptors (Lipinski definition) is 3. The van der Waals surface area contributed by atoms with Gasteiger partial charge in [0.2, 0.25) is 0 Å². The van der Waals surface area contributed by atoms with E-state index in [1.54, 1.807) is 0 Å². The second-order valence-corrected chi connectivity index (χ2v) is 4.54. The Morgan fingerprint density at radius 1 is 1.40 bits per heavy atom. The van der Waals surface area contributed by atoms with Crippen molar-refractivity contribution in [1.29, 1.82) is 0 Å². The summed E-state index contributed by atoms with van der Waals surface area (Å²) in [5.74, 6) is 0.709. The Balaban J connectivity index is 2.22. The average Bonchev–Trinajstić information content (AvgIpc) is 2.27. The number of ether oxygens (including phenoxy) is 1. The van der Waals surface area contributed by atoms with E-state index in [0.29, 0.717) is 25.2 Å². The predicted octanol–water partition coefficient (Wildman–Crippen LogP) is 1.55. The van der Waals surface area contributed by atoms with E-state index in [1.807, 2.05) is 7.05 Å². The molecular formula is C12H25NO2. The molecule has 15 heavy (non-hydrogen) atoms. The highest BCUT2D eigenvalue weighted by Crippen LogP contribution is 2.29. The van der Waals surface area contributed by atoms with Crippen molar-refractivity contribution in [1.82, 2.24) is 5.32 Å². The van der Waals surface area contributed by atoms with E-state index in [2.05, 4.69) is 12.2 Å². The van der Waals surface area contributed by atoms with E-state index in [1.165, 1.54) is 32.1 Å². The smallest absolute Gasteiger partial charge is 0.0897 e. The van der Waals surface area contributed by atoms with Gasteiger partial charge in [0.25, 0.3) is 0 Å². The zero-order valence-electron chi connectivity index (χ0n) is 10.0. The lowest BCUT2D eigenvalue weighted by atomic mass is 9.85. The van der Waals surface area contributed by atoms with Crippen LogP contribution in [-0.2, 0) is 4.74 Å². The van der Waals surface area contributed by atoms with Gasteiger partial charge in [-0.15, -0.1) is 0 Å². The van der Waals surface area contributed by atoms with Crippen LogP contribution in [0.15, 0.2) is 0 Å². The molecule has 1 fully saturated rings. The second-order valence-electron chi connectivity index (χ2n) is 4.54. The third-order valence-electron chi connectivity index (χ3n) is 3.31. The summed E-state index contributed by atoms with van der Waals surface area (Å²) in [6.07, 6.45) is 6.31. The molecular weight excluding hydrogens is 190 g/mol. The number of aliphatic hydroxyl groups excluding tert-OH is 1. The highest BCUT2D eigenvalue weighted by atomic mass is 16.5. The molecule has 3 nitrogen and oxygen atoms in total. The van der Waals surface area contributed by atoms with Gasteiger partial charge in [-0.1, -0.05) is 26.2 Å². The van der Waals surface area contributed by atoms with E-state index in [-0.39, 0.29) is 6.10 Å². The van der Waals surface area contributed by atoms with Gasteiger partial charge in [0, 0.05) is 6.54 Å². The van der Waals surface area contributed by atoms with Crippen LogP contribution >= 0.6 is 0 Å². The summed E-state index contributed by atoms with van der Waals surface area (Å²) >= 11 is 0. The molecule has 0 aromatic carbocycles. The van der Waals surface area contributed by atoms with Crippen molar-refractivity contribution in [3.8, 4) is 0 Å². The first kappa shape index (κ1) is 12.9. The van der Waals surface area contributed by atoms with Crippen LogP contribution < -0.4 is 5.32 Å². The van der Waals surface area contributed by atoms with Gasteiger partial charge in [0.05, 0.1) is 18.8 Å². The Bertz CT molecular complexity index is 164. The standard InChI is InChI=1S/C12H25NO2/c1-3-10-6-4-5-7-12(10)15-9-11(14)8-13-2/h10-14H,3-9H2,1-2H3. The first-order valence-electron chi connectivity index (χ1n) is 6.22. The molecule has 1 rings (SSSR count). The molecule has 0 aromatic heterocycles. The zero-order valence-corrected chi connectivity index (χ0v) is 10.0. The lowest BCUT2D eigenvalue weighted by molar-refractivity contribution is -0.0495. The highest BCUT2D eigenvalue weighted by Gasteiger charge is 2.24. The van der Waals surface area contributed by atoms with Crippen molar-refractivity contribution in [2.75, 3.05) is 20.2 Å². The van der Waals surface area contributed by atoms with Crippen LogP contribution in [0.25, 0.3) is 0 Å². The SMILES string of the molecule is CCC1CCCCC1OCC(O)CNC. The molecule has 0 aromatic rings. The molecule has 3 heteroatoms. The van der Waals surface area contributed by atoms with Gasteiger partial charge in [-0.25, -0.2) is 0 Å². The number of likely N-dealkylation sites (N-methyl/N-ethyl adjacent to an activating group) is 1. The molecule has 0 spiro atoms. The van der Waals surface area contributed by atoms with Crippen LogP contribution in [0.5, 0.6) is 0 Å². The van der Waals surface area contributed by atoms with Crippen molar-refractivity contribution in [3.63, 3.8) is 0 Å². The summed E-state index contributed by atoms with van der Waals surface area (Å²) in [6.45, 7) is 3.32. The molecule has 0 amide bonds. The fourth-order valence-electron chi connectivity index (χ4n) is 2.39. The van der Waals surface area contributed by atoms with Crippen molar-refractivity contribution in [2.45, 2.75) is 51.2 Å². The molecule has 0 saturated heterocycles. The maximum atomic E-state index is 9.55. The molecule has 0 heterocycles. The van der Waals surface area contributed by atoms with Gasteiger partial charge in [-0.3, -0.25) is 0 Å². The van der Waals surface area contributed by atoms with Crippen LogP contribution in [0.1, 0.15) is 39.0 Å². The topological polar surface area (TPSA) is 41.5 Å². The Kier molecular flexibility index (Phi) is 6.22. The first-order valence-corrected chi connectivity index (χ1v) is 6.22. The van der Waals surface area contributed by atoms with E-state index in [9.17, 15) is 5.11 Å². The van der Waals surface area contributed by atoms with Gasteiger partial charge in [-0.2, -0.15) is 0 Å². The number of rotatable bonds is 6. The Morgan fingerprint density at radius 2 is 2.13 bits per heavy atom. The molecule has 0 aliphatic heterocycles. The monoisotopic (exact) mass is 215 g/mol. The molecule has 1 aliphatic rings. The maximum absolute atomic E-state index is 9.55. The van der Waals surface area contributed by atoms with Crippen LogP contribution in [0, 0.1) is 5.92 Å². The summed E-state index contributed by atoms with van der Waals surface area (Å²) in [7, 11) is 1.85. The third-order valence-corrected chi connectivity index (χ3v) is 3.31. The van der Waals surface area contributed by atoms with Gasteiger partial charge in [0.1, 0.15) is 0 Å². The lowest BCUT2D eigenvalue weighted by Gasteiger charge is -2.31. The summed E-state index contributed by atoms with van der Waals surface area (Å²) in [4.78, 5) is 0. The van der Waals surface area contributed by atoms with Crippen LogP contribution in [0.4, 0.5) is 0 Å². The van der Waals surface area contributed by atoms with Crippen LogP contribution in [0.3, 0.4) is 0 Å². The lowest BCUT2D eigenvalue weighted by Crippen LogP contribution is -2.34. The fraction of sp³-hybridized carbons (Fsp3) is 1.00. The Morgan fingerprint density at radius 3 is 2.80 bits per heavy atom. The molecule has 2 N–H and O–H groups in total. The summed E-state index contributed by atoms with van der Waals surface area (Å²) < 4.78 is 5.81. The van der Waals surface area contributed by atoms with Gasteiger partial charge in [-0.05, 0) is 25.8 Å². The molecule has 0 radical (unpaired) electrons. The Hall–Kier alpha value is -0.120. The predicted molar refractivity (Wildman–Crippen MR) is 61.9 cm³/mol. The van der Waals surface area contributed by atoms with E-state index < -0.39 is 0 Å². The van der Waals surface area contributed by atoms with Crippen molar-refractivity contribution >= 4 is 0 Å². The summed E-state index contributed by atoms with van der Waals surface area (Å²) in [6, 6.07) is 0. The highest BCUT2D eigenvalue weighted by molar-refractivity contribution is 4.75. The van der Waals surface area contributed by atoms with E-state index in [4.69, 9.17) is 4.74 Å². The third kappa shape index (κ3) is 4.49. The normalized spacial score (nSPS) is 29.0. The van der Waals surface area contributed by atoms with Crippen molar-refractivity contribution in [3.05, 3.63) is 0 Å². The minimum Gasteiger partial charge on any atom is -0.389 e. The van der Waals surface area contributed by atoms with Crippen molar-refractivity contribution < 1.29 is 9.84 Å². The first-order chi connectivity index (χ1) is 7.27. The number of nitrogens with one attached hydrogen (secondary N) is 1. The molecule has 3 atom stereocenters. The molecule has 90 valence electrons. The molecule has 1 aliphatic carbocycles. The van der Waals surface area contributed by atoms with Crippen LogP contribution in [0.2, 0.25) is 0 Å². The summed E-state index contributed by atoms with van der Waals surface area (Å²) in [5.41, 5.74) is 0. The quantitative estimate of drug-likeness (QED) is 0.706. The molecule has 0 bridgehead atoms. The Labute approximate surface area is 93.2 Å². The second kappa shape index (κ2) is 7.20. The minimum absolute atomic E-state index is 0.366. The van der Waals surface area contributed by atoms with E-state index in [0.717, 1.165) is 0 Å². The van der Waals surface area contributed by atoms with Crippen molar-refractivity contribution in [2.24, 2.45) is 5.92 Å². The summed E-state index contributed by atoms with van der Waals surface area (Å²) in [5, 5.41) is 12.5. The number of hydrogen-bond donors (Lipinski definition) is 2. The van der Waals surface area contributed by atoms with Gasteiger partial charge >= 0.3 is 0 Å². The number of aliphatic hydroxyl groups is 1. The average molecular weight is 215 g/mol. The molecule has 3 unspecified atom stereocenters. The fourth-order valence-corrected chi connectivity index (χ4v) is 2.39. The minimum atomic E-state index is -0.366. The maximum Gasteiger partial charge on any atom is 0.0897 e. The van der Waals surface area contributed by atoms with Gasteiger partial charge < -0.3 is 15.2 Å². The van der Waals surface area contributed by atoms with Crippen LogP contribution in [-0.4, -0.2) is 37.5 Å².